The molecule has 0 spiro atoms. The lowest BCUT2D eigenvalue weighted by atomic mass is 10.5. The smallest absolute Gasteiger partial charge is 0.349 e. The summed E-state index contributed by atoms with van der Waals surface area (Å²) in [5.74, 6) is -1.48. The lowest BCUT2D eigenvalue weighted by Gasteiger charge is -1.93. The molecule has 4 nitrogen and oxygen atoms in total. The van der Waals surface area contributed by atoms with Gasteiger partial charge in [0.05, 0.1) is 0 Å². The van der Waals surface area contributed by atoms with Crippen LogP contribution in [0.3, 0.4) is 0 Å². The molecule has 0 aliphatic heterocycles. The Balaban J connectivity index is 3.75. The van der Waals surface area contributed by atoms with Crippen molar-refractivity contribution in [3.05, 3.63) is 24.8 Å². The van der Waals surface area contributed by atoms with Crippen molar-refractivity contribution in [3.63, 3.8) is 0 Å². The molecule has 0 aliphatic rings. The molecule has 5 heteroatoms. The highest BCUT2D eigenvalue weighted by Gasteiger charge is 1.97. The molecular formula is C7H7ClO4. The molecule has 0 unspecified atom stereocenters. The summed E-state index contributed by atoms with van der Waals surface area (Å²) >= 11 is 4.67. The molecule has 0 atom stereocenters. The van der Waals surface area contributed by atoms with Gasteiger partial charge in [-0.15, -0.1) is 0 Å². The molecule has 0 aromatic rings. The van der Waals surface area contributed by atoms with E-state index in [-0.39, 0.29) is 6.61 Å². The van der Waals surface area contributed by atoms with Gasteiger partial charge >= 0.3 is 11.9 Å². The van der Waals surface area contributed by atoms with Crippen molar-refractivity contribution in [1.82, 2.24) is 0 Å². The lowest BCUT2D eigenvalue weighted by molar-refractivity contribution is -0.137. The summed E-state index contributed by atoms with van der Waals surface area (Å²) in [5.41, 5.74) is 0. The van der Waals surface area contributed by atoms with E-state index in [0.717, 1.165) is 12.2 Å². The maximum absolute atomic E-state index is 10.6. The van der Waals surface area contributed by atoms with Crippen molar-refractivity contribution in [2.45, 2.75) is 0 Å². The molecule has 0 aliphatic carbocycles. The minimum atomic E-state index is -0.827. The van der Waals surface area contributed by atoms with E-state index in [1.165, 1.54) is 6.08 Å². The van der Waals surface area contributed by atoms with Crippen LogP contribution in [-0.4, -0.2) is 18.5 Å². The highest BCUT2D eigenvalue weighted by atomic mass is 35.5. The first kappa shape index (κ1) is 10.7. The predicted molar refractivity (Wildman–Crippen MR) is 42.2 cm³/mol. The fraction of sp³-hybridized carbons (Fsp3) is 0.143. The van der Waals surface area contributed by atoms with Crippen LogP contribution in [0.15, 0.2) is 24.8 Å². The van der Waals surface area contributed by atoms with Crippen LogP contribution in [0, 0.1) is 0 Å². The molecule has 66 valence electrons. The molecule has 0 saturated heterocycles. The highest BCUT2D eigenvalue weighted by Crippen LogP contribution is 1.87. The highest BCUT2D eigenvalue weighted by molar-refractivity contribution is 6.15. The van der Waals surface area contributed by atoms with Crippen molar-refractivity contribution in [3.8, 4) is 0 Å². The number of esters is 1. The van der Waals surface area contributed by atoms with E-state index in [0.29, 0.717) is 0 Å². The predicted octanol–water partition coefficient (Wildman–Crippen LogP) is 0.969. The topological polar surface area (TPSA) is 52.6 Å². The fourth-order valence-corrected chi connectivity index (χ4v) is 0.402. The fourth-order valence-electron chi connectivity index (χ4n) is 0.351. The summed E-state index contributed by atoms with van der Waals surface area (Å²) in [5, 5.41) is 0. The standard InChI is InChI=1S/C7H7ClO4/c1-2-5-11-6(9)3-4-7(10)12-8/h2-4H,1,5H2. The van der Waals surface area contributed by atoms with Gasteiger partial charge in [-0.05, 0) is 0 Å². The van der Waals surface area contributed by atoms with Gasteiger partial charge in [0.15, 0.2) is 0 Å². The van der Waals surface area contributed by atoms with Crippen molar-refractivity contribution in [2.24, 2.45) is 0 Å². The molecule has 0 bridgehead atoms. The van der Waals surface area contributed by atoms with Gasteiger partial charge in [-0.2, -0.15) is 0 Å². The van der Waals surface area contributed by atoms with Gasteiger partial charge in [0, 0.05) is 12.2 Å². The summed E-state index contributed by atoms with van der Waals surface area (Å²) in [6.07, 6.45) is 3.18. The second-order valence-corrected chi connectivity index (χ2v) is 1.80. The molecule has 0 amide bonds. The quantitative estimate of drug-likeness (QED) is 0.377. The summed E-state index contributed by atoms with van der Waals surface area (Å²) in [7, 11) is 0. The van der Waals surface area contributed by atoms with E-state index < -0.39 is 11.9 Å². The zero-order chi connectivity index (χ0) is 9.40. The summed E-state index contributed by atoms with van der Waals surface area (Å²) in [6, 6.07) is 0. The van der Waals surface area contributed by atoms with E-state index in [1.54, 1.807) is 0 Å². The maximum Gasteiger partial charge on any atom is 0.349 e. The van der Waals surface area contributed by atoms with Gasteiger partial charge in [-0.1, -0.05) is 12.7 Å². The molecule has 0 rings (SSSR count). The Labute approximate surface area is 74.6 Å². The monoisotopic (exact) mass is 190 g/mol. The molecule has 0 N–H and O–H groups in total. The van der Waals surface area contributed by atoms with Crippen LogP contribution < -0.4 is 0 Å². The Morgan fingerprint density at radius 2 is 1.92 bits per heavy atom. The average Bonchev–Trinajstić information content (AvgIpc) is 2.10. The number of ether oxygens (including phenoxy) is 1. The van der Waals surface area contributed by atoms with Crippen molar-refractivity contribution < 1.29 is 18.6 Å². The molecule has 0 fully saturated rings. The van der Waals surface area contributed by atoms with Crippen LogP contribution in [0.4, 0.5) is 0 Å². The Hall–Kier alpha value is -1.29. The first-order valence-electron chi connectivity index (χ1n) is 2.99. The molecular weight excluding hydrogens is 184 g/mol. The summed E-state index contributed by atoms with van der Waals surface area (Å²) in [4.78, 5) is 20.9. The third-order valence-electron chi connectivity index (χ3n) is 0.775. The molecule has 12 heavy (non-hydrogen) atoms. The van der Waals surface area contributed by atoms with Crippen molar-refractivity contribution in [1.29, 1.82) is 0 Å². The van der Waals surface area contributed by atoms with Gasteiger partial charge in [0.2, 0.25) is 0 Å². The van der Waals surface area contributed by atoms with Gasteiger partial charge in [-0.25, -0.2) is 9.59 Å². The Kier molecular flexibility index (Phi) is 5.73. The third-order valence-corrected chi connectivity index (χ3v) is 0.927. The minimum Gasteiger partial charge on any atom is -0.458 e. The zero-order valence-electron chi connectivity index (χ0n) is 6.16. The Morgan fingerprint density at radius 1 is 1.33 bits per heavy atom. The van der Waals surface area contributed by atoms with E-state index in [4.69, 9.17) is 0 Å². The molecule has 0 heterocycles. The molecule has 0 aromatic carbocycles. The SMILES string of the molecule is C=CCOC(=O)C=CC(=O)OCl. The molecule has 0 radical (unpaired) electrons. The zero-order valence-corrected chi connectivity index (χ0v) is 6.91. The van der Waals surface area contributed by atoms with E-state index >= 15 is 0 Å². The molecule has 0 aromatic heterocycles. The second kappa shape index (κ2) is 6.42. The van der Waals surface area contributed by atoms with Gasteiger partial charge in [0.1, 0.15) is 18.5 Å². The van der Waals surface area contributed by atoms with Gasteiger partial charge in [-0.3, -0.25) is 0 Å². The van der Waals surface area contributed by atoms with Crippen LogP contribution in [0.25, 0.3) is 0 Å². The van der Waals surface area contributed by atoms with Gasteiger partial charge < -0.3 is 9.03 Å². The Morgan fingerprint density at radius 3 is 2.42 bits per heavy atom. The summed E-state index contributed by atoms with van der Waals surface area (Å²) < 4.78 is 8.22. The number of carbonyl (C=O) groups excluding carboxylic acids is 2. The van der Waals surface area contributed by atoms with Crippen LogP contribution >= 0.6 is 11.9 Å². The van der Waals surface area contributed by atoms with Crippen LogP contribution in [-0.2, 0) is 18.6 Å². The van der Waals surface area contributed by atoms with Crippen LogP contribution in [0.5, 0.6) is 0 Å². The van der Waals surface area contributed by atoms with Crippen molar-refractivity contribution in [2.75, 3.05) is 6.61 Å². The number of hydrogen-bond donors (Lipinski definition) is 0. The van der Waals surface area contributed by atoms with Crippen LogP contribution in [0.1, 0.15) is 0 Å². The number of halogens is 1. The minimum absolute atomic E-state index is 0.0963. The first-order chi connectivity index (χ1) is 5.70. The summed E-state index contributed by atoms with van der Waals surface area (Å²) in [6.45, 7) is 3.43. The second-order valence-electron chi connectivity index (χ2n) is 1.65. The average molecular weight is 191 g/mol. The van der Waals surface area contributed by atoms with E-state index in [9.17, 15) is 9.59 Å². The van der Waals surface area contributed by atoms with Gasteiger partial charge in [0.25, 0.3) is 0 Å². The largest absolute Gasteiger partial charge is 0.458 e. The number of carbonyl (C=O) groups is 2. The first-order valence-corrected chi connectivity index (χ1v) is 3.30. The van der Waals surface area contributed by atoms with Crippen LogP contribution in [0.2, 0.25) is 0 Å². The van der Waals surface area contributed by atoms with E-state index in [2.05, 4.69) is 27.5 Å². The molecule has 0 saturated carbocycles. The number of hydrogen-bond acceptors (Lipinski definition) is 4. The van der Waals surface area contributed by atoms with E-state index in [1.807, 2.05) is 0 Å². The number of rotatable bonds is 4. The van der Waals surface area contributed by atoms with Crippen molar-refractivity contribution >= 4 is 23.8 Å². The normalized spacial score (nSPS) is 9.42. The Bertz CT molecular complexity index is 209. The third kappa shape index (κ3) is 5.49. The lowest BCUT2D eigenvalue weighted by Crippen LogP contribution is -2.01. The maximum atomic E-state index is 10.6.